The van der Waals surface area contributed by atoms with E-state index in [2.05, 4.69) is 29.0 Å². The molecule has 2 aromatic heterocycles. The number of hydrogen-bond donors (Lipinski definition) is 0. The van der Waals surface area contributed by atoms with Crippen LogP contribution in [0.5, 0.6) is 0 Å². The van der Waals surface area contributed by atoms with Crippen LogP contribution >= 0.6 is 0 Å². The third kappa shape index (κ3) is 2.25. The van der Waals surface area contributed by atoms with Gasteiger partial charge in [0.1, 0.15) is 0 Å². The summed E-state index contributed by atoms with van der Waals surface area (Å²) in [4.78, 5) is 10.3. The van der Waals surface area contributed by atoms with E-state index in [1.54, 1.807) is 0 Å². The summed E-state index contributed by atoms with van der Waals surface area (Å²) in [5.41, 5.74) is 2.48. The van der Waals surface area contributed by atoms with Crippen LogP contribution in [0.1, 0.15) is 17.2 Å². The Morgan fingerprint density at radius 2 is 1.19 bits per heavy atom. The van der Waals surface area contributed by atoms with Crippen molar-refractivity contribution in [1.82, 2.24) is 14.9 Å². The molecule has 0 spiro atoms. The predicted molar refractivity (Wildman–Crippen MR) is 64.0 cm³/mol. The zero-order chi connectivity index (χ0) is 11.4. The summed E-state index contributed by atoms with van der Waals surface area (Å²) in [6.45, 7) is 0. The van der Waals surface area contributed by atoms with Gasteiger partial charge >= 0.3 is 0 Å². The van der Waals surface area contributed by atoms with E-state index in [9.17, 15) is 0 Å². The summed E-state index contributed by atoms with van der Waals surface area (Å²) in [6, 6.07) is 8.44. The second kappa shape index (κ2) is 4.86. The zero-order valence-corrected chi connectivity index (χ0v) is 9.54. The van der Waals surface area contributed by atoms with Crippen LogP contribution in [0.25, 0.3) is 0 Å². The van der Waals surface area contributed by atoms with Crippen molar-refractivity contribution in [3.63, 3.8) is 0 Å². The van der Waals surface area contributed by atoms with Gasteiger partial charge < -0.3 is 0 Å². The average Bonchev–Trinajstić information content (AvgIpc) is 2.31. The Kier molecular flexibility index (Phi) is 3.27. The maximum absolute atomic E-state index is 4.05. The van der Waals surface area contributed by atoms with Gasteiger partial charge in [-0.25, -0.2) is 0 Å². The largest absolute Gasteiger partial charge is 0.299 e. The summed E-state index contributed by atoms with van der Waals surface area (Å²) in [5.74, 6) is 0. The number of nitrogens with zero attached hydrogens (tertiary/aromatic N) is 3. The topological polar surface area (TPSA) is 29.0 Å². The highest BCUT2D eigenvalue weighted by Crippen LogP contribution is 2.25. The first-order valence-electron chi connectivity index (χ1n) is 5.25. The minimum absolute atomic E-state index is 0.256. The molecule has 2 rings (SSSR count). The Bertz CT molecular complexity index is 386. The van der Waals surface area contributed by atoms with E-state index in [1.807, 2.05) is 49.1 Å². The molecule has 0 saturated heterocycles. The van der Waals surface area contributed by atoms with Gasteiger partial charge in [0.2, 0.25) is 0 Å². The molecule has 3 nitrogen and oxygen atoms in total. The predicted octanol–water partition coefficient (Wildman–Crippen LogP) is 2.13. The highest BCUT2D eigenvalue weighted by Gasteiger charge is 2.15. The number of aromatic nitrogens is 2. The molecule has 3 heteroatoms. The van der Waals surface area contributed by atoms with Crippen LogP contribution in [0.4, 0.5) is 0 Å². The van der Waals surface area contributed by atoms with Crippen LogP contribution < -0.4 is 0 Å². The van der Waals surface area contributed by atoms with Gasteiger partial charge in [-0.05, 0) is 49.5 Å². The van der Waals surface area contributed by atoms with E-state index < -0.39 is 0 Å². The van der Waals surface area contributed by atoms with E-state index in [0.29, 0.717) is 0 Å². The molecule has 0 amide bonds. The molecule has 0 radical (unpaired) electrons. The highest BCUT2D eigenvalue weighted by atomic mass is 15.1. The zero-order valence-electron chi connectivity index (χ0n) is 9.54. The van der Waals surface area contributed by atoms with Crippen molar-refractivity contribution in [2.24, 2.45) is 0 Å². The molecule has 0 bridgehead atoms. The summed E-state index contributed by atoms with van der Waals surface area (Å²) in [6.07, 6.45) is 7.31. The molecule has 0 aliphatic carbocycles. The lowest BCUT2D eigenvalue weighted by atomic mass is 10.00. The summed E-state index contributed by atoms with van der Waals surface area (Å²) in [7, 11) is 4.15. The second-order valence-corrected chi connectivity index (χ2v) is 3.93. The van der Waals surface area contributed by atoms with Crippen LogP contribution in [0.3, 0.4) is 0 Å². The van der Waals surface area contributed by atoms with Crippen molar-refractivity contribution in [1.29, 1.82) is 0 Å². The first kappa shape index (κ1) is 10.8. The van der Waals surface area contributed by atoms with Gasteiger partial charge in [-0.15, -0.1) is 0 Å². The van der Waals surface area contributed by atoms with Crippen molar-refractivity contribution in [3.05, 3.63) is 60.2 Å². The fourth-order valence-electron chi connectivity index (χ4n) is 1.88. The molecule has 16 heavy (non-hydrogen) atoms. The Morgan fingerprint density at radius 3 is 1.50 bits per heavy atom. The Labute approximate surface area is 95.8 Å². The normalized spacial score (nSPS) is 11.0. The minimum Gasteiger partial charge on any atom is -0.299 e. The SMILES string of the molecule is CN(C)C(c1ccncc1)c1ccncc1. The lowest BCUT2D eigenvalue weighted by Gasteiger charge is -2.24. The highest BCUT2D eigenvalue weighted by molar-refractivity contribution is 5.28. The van der Waals surface area contributed by atoms with Gasteiger partial charge in [0.15, 0.2) is 0 Å². The quantitative estimate of drug-likeness (QED) is 0.782. The first-order valence-corrected chi connectivity index (χ1v) is 5.25. The summed E-state index contributed by atoms with van der Waals surface area (Å²) >= 11 is 0. The lowest BCUT2D eigenvalue weighted by molar-refractivity contribution is 0.342. The fraction of sp³-hybridized carbons (Fsp3) is 0.231. The van der Waals surface area contributed by atoms with Gasteiger partial charge in [0.05, 0.1) is 6.04 Å². The Balaban J connectivity index is 2.40. The Morgan fingerprint density at radius 1 is 0.812 bits per heavy atom. The molecule has 82 valence electrons. The molecule has 0 aliphatic rings. The van der Waals surface area contributed by atoms with Gasteiger partial charge in [0, 0.05) is 24.8 Å². The maximum atomic E-state index is 4.05. The van der Waals surface area contributed by atoms with Crippen molar-refractivity contribution in [2.75, 3.05) is 14.1 Å². The van der Waals surface area contributed by atoms with Gasteiger partial charge in [-0.2, -0.15) is 0 Å². The van der Waals surface area contributed by atoms with Gasteiger partial charge in [-0.3, -0.25) is 14.9 Å². The fourth-order valence-corrected chi connectivity index (χ4v) is 1.88. The molecule has 0 saturated carbocycles. The first-order chi connectivity index (χ1) is 7.79. The van der Waals surface area contributed by atoms with Gasteiger partial charge in [0.25, 0.3) is 0 Å². The summed E-state index contributed by atoms with van der Waals surface area (Å²) < 4.78 is 0. The van der Waals surface area contributed by atoms with E-state index in [0.717, 1.165) is 0 Å². The molecule has 0 atom stereocenters. The van der Waals surface area contributed by atoms with Crippen LogP contribution in [0.15, 0.2) is 49.1 Å². The molecule has 0 N–H and O–H groups in total. The number of rotatable bonds is 3. The molecule has 2 heterocycles. The maximum Gasteiger partial charge on any atom is 0.0599 e. The lowest BCUT2D eigenvalue weighted by Crippen LogP contribution is -2.21. The third-order valence-corrected chi connectivity index (χ3v) is 2.56. The van der Waals surface area contributed by atoms with Crippen LogP contribution in [0, 0.1) is 0 Å². The third-order valence-electron chi connectivity index (χ3n) is 2.56. The van der Waals surface area contributed by atoms with Crippen LogP contribution in [-0.4, -0.2) is 29.0 Å². The molecular weight excluding hydrogens is 198 g/mol. The smallest absolute Gasteiger partial charge is 0.0599 e. The monoisotopic (exact) mass is 213 g/mol. The minimum atomic E-state index is 0.256. The van der Waals surface area contributed by atoms with Crippen LogP contribution in [-0.2, 0) is 0 Å². The number of hydrogen-bond acceptors (Lipinski definition) is 3. The summed E-state index contributed by atoms with van der Waals surface area (Å²) in [5, 5.41) is 0. The van der Waals surface area contributed by atoms with Crippen molar-refractivity contribution < 1.29 is 0 Å². The van der Waals surface area contributed by atoms with E-state index in [-0.39, 0.29) is 6.04 Å². The molecule has 0 fully saturated rings. The van der Waals surface area contributed by atoms with Crippen molar-refractivity contribution in [3.8, 4) is 0 Å². The van der Waals surface area contributed by atoms with E-state index in [4.69, 9.17) is 0 Å². The molecule has 0 unspecified atom stereocenters. The van der Waals surface area contributed by atoms with Crippen molar-refractivity contribution >= 4 is 0 Å². The number of pyridine rings is 2. The second-order valence-electron chi connectivity index (χ2n) is 3.93. The standard InChI is InChI=1S/C13H15N3/c1-16(2)13(11-3-7-14-8-4-11)12-5-9-15-10-6-12/h3-10,13H,1-2H3. The molecular formula is C13H15N3. The van der Waals surface area contributed by atoms with E-state index in [1.165, 1.54) is 11.1 Å². The van der Waals surface area contributed by atoms with Crippen LogP contribution in [0.2, 0.25) is 0 Å². The molecule has 0 aromatic carbocycles. The van der Waals surface area contributed by atoms with Crippen molar-refractivity contribution in [2.45, 2.75) is 6.04 Å². The average molecular weight is 213 g/mol. The Hall–Kier alpha value is -1.74. The van der Waals surface area contributed by atoms with E-state index >= 15 is 0 Å². The van der Waals surface area contributed by atoms with Gasteiger partial charge in [-0.1, -0.05) is 0 Å². The molecule has 0 aliphatic heterocycles. The molecule has 2 aromatic rings.